The molecule has 8 heteroatoms. The lowest BCUT2D eigenvalue weighted by atomic mass is 10.1. The highest BCUT2D eigenvalue weighted by Gasteiger charge is 2.22. The molecule has 1 aliphatic heterocycles. The van der Waals surface area contributed by atoms with Crippen LogP contribution in [0.15, 0.2) is 6.20 Å². The average molecular weight is 263 g/mol. The van der Waals surface area contributed by atoms with Gasteiger partial charge in [-0.3, -0.25) is 10.5 Å². The molecule has 8 nitrogen and oxygen atoms in total. The Bertz CT molecular complexity index is 563. The summed E-state index contributed by atoms with van der Waals surface area (Å²) in [4.78, 5) is 10.8. The molecular weight excluding hydrogens is 246 g/mol. The molecule has 0 saturated carbocycles. The minimum absolute atomic E-state index is 0.380. The van der Waals surface area contributed by atoms with Gasteiger partial charge < -0.3 is 9.64 Å². The number of H-pyrrole nitrogens is 1. The summed E-state index contributed by atoms with van der Waals surface area (Å²) in [7, 11) is 2.03. The summed E-state index contributed by atoms with van der Waals surface area (Å²) < 4.78 is 5.39. The van der Waals surface area contributed by atoms with Crippen molar-refractivity contribution in [3.8, 4) is 0 Å². The Labute approximate surface area is 110 Å². The first-order valence-electron chi connectivity index (χ1n) is 6.28. The minimum Gasteiger partial charge on any atom is -0.381 e. The van der Waals surface area contributed by atoms with E-state index in [4.69, 9.17) is 10.6 Å². The maximum atomic E-state index is 5.41. The van der Waals surface area contributed by atoms with Gasteiger partial charge in [0.2, 0.25) is 5.95 Å². The van der Waals surface area contributed by atoms with Gasteiger partial charge in [0, 0.05) is 26.3 Å². The third-order valence-corrected chi connectivity index (χ3v) is 3.49. The molecule has 0 aromatic carbocycles. The van der Waals surface area contributed by atoms with E-state index < -0.39 is 0 Å². The number of hydrazine groups is 1. The van der Waals surface area contributed by atoms with Crippen LogP contribution in [0.4, 0.5) is 11.8 Å². The zero-order valence-electron chi connectivity index (χ0n) is 10.8. The van der Waals surface area contributed by atoms with Crippen molar-refractivity contribution in [3.05, 3.63) is 6.20 Å². The molecule has 4 N–H and O–H groups in total. The number of anilines is 2. The van der Waals surface area contributed by atoms with E-state index in [2.05, 4.69) is 30.5 Å². The molecule has 1 fully saturated rings. The Morgan fingerprint density at radius 2 is 2.21 bits per heavy atom. The summed E-state index contributed by atoms with van der Waals surface area (Å²) in [5.74, 6) is 6.62. The van der Waals surface area contributed by atoms with Gasteiger partial charge >= 0.3 is 0 Å². The lowest BCUT2D eigenvalue weighted by Gasteiger charge is -2.32. The largest absolute Gasteiger partial charge is 0.381 e. The number of nitrogen functional groups attached to an aromatic ring is 1. The zero-order valence-corrected chi connectivity index (χ0v) is 10.8. The van der Waals surface area contributed by atoms with Gasteiger partial charge in [-0.2, -0.15) is 15.1 Å². The fourth-order valence-electron chi connectivity index (χ4n) is 2.40. The highest BCUT2D eigenvalue weighted by Crippen LogP contribution is 2.26. The lowest BCUT2D eigenvalue weighted by Crippen LogP contribution is -2.37. The number of aromatic nitrogens is 4. The van der Waals surface area contributed by atoms with E-state index in [-0.39, 0.29) is 0 Å². The van der Waals surface area contributed by atoms with Crippen LogP contribution in [-0.2, 0) is 4.74 Å². The van der Waals surface area contributed by atoms with Crippen molar-refractivity contribution < 1.29 is 4.74 Å². The average Bonchev–Trinajstić information content (AvgIpc) is 2.94. The molecule has 0 amide bonds. The van der Waals surface area contributed by atoms with Gasteiger partial charge in [0.25, 0.3) is 0 Å². The number of hydrogen-bond acceptors (Lipinski definition) is 7. The molecular formula is C11H17N7O. The van der Waals surface area contributed by atoms with E-state index in [0.29, 0.717) is 17.6 Å². The van der Waals surface area contributed by atoms with Crippen molar-refractivity contribution in [1.82, 2.24) is 20.2 Å². The molecule has 3 rings (SSSR count). The first kappa shape index (κ1) is 12.1. The molecule has 2 aromatic heterocycles. The molecule has 0 spiro atoms. The van der Waals surface area contributed by atoms with E-state index in [1.54, 1.807) is 6.20 Å². The fourth-order valence-corrected chi connectivity index (χ4v) is 2.40. The predicted octanol–water partition coefficient (Wildman–Crippen LogP) is 0.254. The van der Waals surface area contributed by atoms with E-state index in [1.165, 1.54) is 0 Å². The standard InChI is InChI=1S/C11H17N7O/c1-18(7-2-4-19-5-3-7)10-8-6-13-17-9(8)14-11(15-10)16-12/h6-7H,2-5,12H2,1H3,(H2,13,14,15,16,17). The van der Waals surface area contributed by atoms with Crippen LogP contribution in [0.25, 0.3) is 11.0 Å². The van der Waals surface area contributed by atoms with E-state index in [0.717, 1.165) is 37.3 Å². The van der Waals surface area contributed by atoms with E-state index in [1.807, 2.05) is 7.05 Å². The second-order valence-electron chi connectivity index (χ2n) is 4.60. The van der Waals surface area contributed by atoms with Crippen LogP contribution in [0.3, 0.4) is 0 Å². The quantitative estimate of drug-likeness (QED) is 0.538. The van der Waals surface area contributed by atoms with Crippen LogP contribution >= 0.6 is 0 Å². The van der Waals surface area contributed by atoms with Crippen molar-refractivity contribution in [2.45, 2.75) is 18.9 Å². The van der Waals surface area contributed by atoms with Crippen molar-refractivity contribution in [2.24, 2.45) is 5.84 Å². The molecule has 1 saturated heterocycles. The summed E-state index contributed by atoms with van der Waals surface area (Å²) in [6, 6.07) is 0.410. The van der Waals surface area contributed by atoms with E-state index in [9.17, 15) is 0 Å². The number of nitrogens with zero attached hydrogens (tertiary/aromatic N) is 4. The number of nitrogens with two attached hydrogens (primary N) is 1. The van der Waals surface area contributed by atoms with Crippen LogP contribution in [0.5, 0.6) is 0 Å². The summed E-state index contributed by atoms with van der Waals surface area (Å²) in [6.07, 6.45) is 3.72. The number of hydrogen-bond donors (Lipinski definition) is 3. The van der Waals surface area contributed by atoms with Gasteiger partial charge in [0.1, 0.15) is 5.82 Å². The topological polar surface area (TPSA) is 105 Å². The van der Waals surface area contributed by atoms with Gasteiger partial charge in [-0.25, -0.2) is 5.84 Å². The van der Waals surface area contributed by atoms with Crippen LogP contribution in [0, 0.1) is 0 Å². The summed E-state index contributed by atoms with van der Waals surface area (Å²) >= 11 is 0. The Morgan fingerprint density at radius 1 is 1.42 bits per heavy atom. The number of aromatic amines is 1. The van der Waals surface area contributed by atoms with Crippen LogP contribution in [0.1, 0.15) is 12.8 Å². The molecule has 0 unspecified atom stereocenters. The van der Waals surface area contributed by atoms with Crippen molar-refractivity contribution >= 4 is 22.8 Å². The second-order valence-corrected chi connectivity index (χ2v) is 4.60. The monoisotopic (exact) mass is 263 g/mol. The van der Waals surface area contributed by atoms with Crippen LogP contribution in [-0.4, -0.2) is 46.5 Å². The van der Waals surface area contributed by atoms with E-state index >= 15 is 0 Å². The lowest BCUT2D eigenvalue weighted by molar-refractivity contribution is 0.0854. The van der Waals surface area contributed by atoms with Crippen LogP contribution < -0.4 is 16.2 Å². The SMILES string of the molecule is CN(c1nc(NN)nc2[nH]ncc12)C1CCOCC1. The van der Waals surface area contributed by atoms with Gasteiger partial charge in [-0.1, -0.05) is 0 Å². The minimum atomic E-state index is 0.380. The molecule has 0 aliphatic carbocycles. The molecule has 2 aromatic rings. The summed E-state index contributed by atoms with van der Waals surface area (Å²) in [5.41, 5.74) is 3.16. The molecule has 102 valence electrons. The highest BCUT2D eigenvalue weighted by molar-refractivity contribution is 5.87. The zero-order chi connectivity index (χ0) is 13.2. The molecule has 0 radical (unpaired) electrons. The number of rotatable bonds is 3. The molecule has 19 heavy (non-hydrogen) atoms. The predicted molar refractivity (Wildman–Crippen MR) is 71.7 cm³/mol. The van der Waals surface area contributed by atoms with Crippen molar-refractivity contribution in [2.75, 3.05) is 30.6 Å². The number of ether oxygens (including phenoxy) is 1. The number of fused-ring (bicyclic) bond motifs is 1. The Hall–Kier alpha value is -1.93. The summed E-state index contributed by atoms with van der Waals surface area (Å²) in [6.45, 7) is 1.58. The van der Waals surface area contributed by atoms with Gasteiger partial charge in [0.15, 0.2) is 5.65 Å². The Kier molecular flexibility index (Phi) is 3.18. The normalized spacial score (nSPS) is 16.7. The maximum Gasteiger partial charge on any atom is 0.241 e. The molecule has 3 heterocycles. The third-order valence-electron chi connectivity index (χ3n) is 3.49. The Morgan fingerprint density at radius 3 is 2.95 bits per heavy atom. The number of nitrogens with one attached hydrogen (secondary N) is 2. The third kappa shape index (κ3) is 2.20. The second kappa shape index (κ2) is 4.98. The Balaban J connectivity index is 1.99. The first-order valence-corrected chi connectivity index (χ1v) is 6.28. The van der Waals surface area contributed by atoms with Crippen LogP contribution in [0.2, 0.25) is 0 Å². The first-order chi connectivity index (χ1) is 9.29. The van der Waals surface area contributed by atoms with Crippen molar-refractivity contribution in [1.29, 1.82) is 0 Å². The van der Waals surface area contributed by atoms with Crippen molar-refractivity contribution in [3.63, 3.8) is 0 Å². The van der Waals surface area contributed by atoms with Gasteiger partial charge in [0.05, 0.1) is 11.6 Å². The smallest absolute Gasteiger partial charge is 0.241 e. The molecule has 0 bridgehead atoms. The molecule has 1 aliphatic rings. The van der Waals surface area contributed by atoms with Gasteiger partial charge in [-0.05, 0) is 12.8 Å². The highest BCUT2D eigenvalue weighted by atomic mass is 16.5. The fraction of sp³-hybridized carbons (Fsp3) is 0.545. The van der Waals surface area contributed by atoms with Gasteiger partial charge in [-0.15, -0.1) is 0 Å². The summed E-state index contributed by atoms with van der Waals surface area (Å²) in [5, 5.41) is 7.76. The molecule has 0 atom stereocenters. The maximum absolute atomic E-state index is 5.41.